The summed E-state index contributed by atoms with van der Waals surface area (Å²) in [6, 6.07) is 9.78. The van der Waals surface area contributed by atoms with Crippen LogP contribution in [0.4, 0.5) is 23.2 Å². The Labute approximate surface area is 145 Å². The first-order chi connectivity index (χ1) is 12.1. The molecular formula is C16H11F4NO4S. The van der Waals surface area contributed by atoms with Crippen molar-refractivity contribution < 1.29 is 35.0 Å². The number of halogens is 4. The number of nitrogens with zero attached hydrogens (tertiary/aromatic N) is 1. The van der Waals surface area contributed by atoms with Crippen LogP contribution in [-0.2, 0) is 14.9 Å². The molecule has 138 valence electrons. The fourth-order valence-electron chi connectivity index (χ4n) is 2.53. The molecule has 1 heterocycles. The van der Waals surface area contributed by atoms with E-state index in [0.717, 1.165) is 12.1 Å². The van der Waals surface area contributed by atoms with E-state index in [-0.39, 0.29) is 18.4 Å². The molecule has 0 bridgehead atoms. The standard InChI is InChI=1S/C16H11F4NO4S/c17-11-3-5-12(6-4-11)21-14(9-15(21)22)10-1-7-13(8-2-10)25-26(23,24)16(18,19)20/h1-8,14H,9H2. The molecule has 2 aromatic rings. The molecule has 1 aliphatic heterocycles. The number of carbonyl (C=O) groups excluding carboxylic acids is 1. The van der Waals surface area contributed by atoms with Crippen molar-refractivity contribution in [3.05, 3.63) is 59.9 Å². The van der Waals surface area contributed by atoms with Gasteiger partial charge < -0.3 is 9.08 Å². The highest BCUT2D eigenvalue weighted by molar-refractivity contribution is 7.88. The first-order valence-corrected chi connectivity index (χ1v) is 8.68. The molecule has 0 aromatic heterocycles. The van der Waals surface area contributed by atoms with Crippen molar-refractivity contribution in [1.82, 2.24) is 0 Å². The van der Waals surface area contributed by atoms with Gasteiger partial charge in [-0.15, -0.1) is 0 Å². The number of hydrogen-bond donors (Lipinski definition) is 0. The van der Waals surface area contributed by atoms with Gasteiger partial charge in [-0.1, -0.05) is 12.1 Å². The van der Waals surface area contributed by atoms with E-state index >= 15 is 0 Å². The van der Waals surface area contributed by atoms with Crippen LogP contribution >= 0.6 is 0 Å². The molecule has 1 aliphatic rings. The van der Waals surface area contributed by atoms with Gasteiger partial charge in [-0.3, -0.25) is 4.79 Å². The molecule has 0 aliphatic carbocycles. The van der Waals surface area contributed by atoms with Crippen molar-refractivity contribution >= 4 is 21.7 Å². The number of anilines is 1. The monoisotopic (exact) mass is 389 g/mol. The summed E-state index contributed by atoms with van der Waals surface area (Å²) in [4.78, 5) is 13.3. The molecule has 1 amide bonds. The maximum atomic E-state index is 13.0. The number of β-lactam (4-membered cyclic amide) rings is 1. The largest absolute Gasteiger partial charge is 0.534 e. The molecule has 3 rings (SSSR count). The molecule has 1 unspecified atom stereocenters. The van der Waals surface area contributed by atoms with Gasteiger partial charge in [-0.25, -0.2) is 4.39 Å². The Kier molecular flexibility index (Phi) is 4.39. The third-order valence-electron chi connectivity index (χ3n) is 3.81. The van der Waals surface area contributed by atoms with Crippen LogP contribution in [0.3, 0.4) is 0 Å². The number of carbonyl (C=O) groups is 1. The highest BCUT2D eigenvalue weighted by Crippen LogP contribution is 2.39. The highest BCUT2D eigenvalue weighted by atomic mass is 32.2. The summed E-state index contributed by atoms with van der Waals surface area (Å²) in [6.07, 6.45) is 0.165. The van der Waals surface area contributed by atoms with Crippen molar-refractivity contribution in [1.29, 1.82) is 0 Å². The van der Waals surface area contributed by atoms with Crippen molar-refractivity contribution in [3.8, 4) is 5.75 Å². The summed E-state index contributed by atoms with van der Waals surface area (Å²) in [5, 5.41) is 0. The van der Waals surface area contributed by atoms with E-state index in [9.17, 15) is 30.8 Å². The van der Waals surface area contributed by atoms with E-state index in [1.54, 1.807) is 0 Å². The number of hydrogen-bond acceptors (Lipinski definition) is 4. The van der Waals surface area contributed by atoms with Crippen LogP contribution in [0.2, 0.25) is 0 Å². The van der Waals surface area contributed by atoms with Gasteiger partial charge in [-0.05, 0) is 42.0 Å². The maximum absolute atomic E-state index is 13.0. The molecule has 0 radical (unpaired) electrons. The molecule has 1 atom stereocenters. The van der Waals surface area contributed by atoms with E-state index in [2.05, 4.69) is 4.18 Å². The third-order valence-corrected chi connectivity index (χ3v) is 4.79. The first-order valence-electron chi connectivity index (χ1n) is 7.27. The Morgan fingerprint density at radius 3 is 2.08 bits per heavy atom. The molecule has 2 aromatic carbocycles. The Balaban J connectivity index is 1.78. The lowest BCUT2D eigenvalue weighted by molar-refractivity contribution is -0.124. The zero-order valence-corrected chi connectivity index (χ0v) is 13.7. The summed E-state index contributed by atoms with van der Waals surface area (Å²) in [5.41, 5.74) is -4.47. The lowest BCUT2D eigenvalue weighted by Gasteiger charge is -2.40. The van der Waals surface area contributed by atoms with Gasteiger partial charge in [0.1, 0.15) is 11.6 Å². The molecule has 26 heavy (non-hydrogen) atoms. The zero-order valence-electron chi connectivity index (χ0n) is 12.9. The topological polar surface area (TPSA) is 63.7 Å². The SMILES string of the molecule is O=C1CC(c2ccc(OS(=O)(=O)C(F)(F)F)cc2)N1c1ccc(F)cc1. The second-order valence-electron chi connectivity index (χ2n) is 5.51. The van der Waals surface area contributed by atoms with Crippen LogP contribution < -0.4 is 9.08 Å². The number of amides is 1. The number of rotatable bonds is 4. The second-order valence-corrected chi connectivity index (χ2v) is 7.05. The zero-order chi connectivity index (χ0) is 19.1. The van der Waals surface area contributed by atoms with Crippen LogP contribution in [0.25, 0.3) is 0 Å². The molecule has 0 spiro atoms. The summed E-state index contributed by atoms with van der Waals surface area (Å²) in [7, 11) is -5.74. The van der Waals surface area contributed by atoms with E-state index in [4.69, 9.17) is 0 Å². The Hall–Kier alpha value is -2.62. The molecule has 0 saturated carbocycles. The first kappa shape index (κ1) is 18.2. The summed E-state index contributed by atoms with van der Waals surface area (Å²) >= 11 is 0. The third kappa shape index (κ3) is 3.36. The normalized spacial score (nSPS) is 17.8. The predicted octanol–water partition coefficient (Wildman–Crippen LogP) is 3.53. The van der Waals surface area contributed by atoms with Gasteiger partial charge in [0.25, 0.3) is 0 Å². The van der Waals surface area contributed by atoms with Gasteiger partial charge in [0, 0.05) is 5.69 Å². The quantitative estimate of drug-likeness (QED) is 0.347. The average Bonchev–Trinajstić information content (AvgIpc) is 2.54. The van der Waals surface area contributed by atoms with Crippen LogP contribution in [0.5, 0.6) is 5.75 Å². The highest BCUT2D eigenvalue weighted by Gasteiger charge is 2.48. The van der Waals surface area contributed by atoms with E-state index in [1.165, 1.54) is 41.3 Å². The number of benzene rings is 2. The molecule has 0 N–H and O–H groups in total. The van der Waals surface area contributed by atoms with Gasteiger partial charge in [0.2, 0.25) is 5.91 Å². The molecule has 1 fully saturated rings. The average molecular weight is 389 g/mol. The summed E-state index contributed by atoms with van der Waals surface area (Å²) in [5.74, 6) is -1.14. The van der Waals surface area contributed by atoms with Gasteiger partial charge >= 0.3 is 15.6 Å². The van der Waals surface area contributed by atoms with Crippen LogP contribution in [0.15, 0.2) is 48.5 Å². The van der Waals surface area contributed by atoms with Crippen molar-refractivity contribution in [3.63, 3.8) is 0 Å². The van der Waals surface area contributed by atoms with Crippen molar-refractivity contribution in [2.75, 3.05) is 4.90 Å². The smallest absolute Gasteiger partial charge is 0.376 e. The fourth-order valence-corrected chi connectivity index (χ4v) is 2.99. The Bertz CT molecular complexity index is 924. The second kappa shape index (κ2) is 6.27. The fraction of sp³-hybridized carbons (Fsp3) is 0.188. The molecule has 1 saturated heterocycles. The molecule has 10 heteroatoms. The van der Waals surface area contributed by atoms with Gasteiger partial charge in [-0.2, -0.15) is 21.6 Å². The number of alkyl halides is 3. The van der Waals surface area contributed by atoms with E-state index in [0.29, 0.717) is 11.3 Å². The maximum Gasteiger partial charge on any atom is 0.534 e. The minimum atomic E-state index is -5.74. The van der Waals surface area contributed by atoms with Crippen LogP contribution in [0.1, 0.15) is 18.0 Å². The lowest BCUT2D eigenvalue weighted by Crippen LogP contribution is -2.46. The van der Waals surface area contributed by atoms with Crippen molar-refractivity contribution in [2.24, 2.45) is 0 Å². The molecule has 5 nitrogen and oxygen atoms in total. The Morgan fingerprint density at radius 2 is 1.58 bits per heavy atom. The molecular weight excluding hydrogens is 378 g/mol. The van der Waals surface area contributed by atoms with Crippen LogP contribution in [-0.4, -0.2) is 19.8 Å². The van der Waals surface area contributed by atoms with Crippen LogP contribution in [0, 0.1) is 5.82 Å². The van der Waals surface area contributed by atoms with Gasteiger partial charge in [0.15, 0.2) is 0 Å². The van der Waals surface area contributed by atoms with E-state index in [1.807, 2.05) is 0 Å². The van der Waals surface area contributed by atoms with Crippen molar-refractivity contribution in [2.45, 2.75) is 18.0 Å². The summed E-state index contributed by atoms with van der Waals surface area (Å²) < 4.78 is 75.9. The van der Waals surface area contributed by atoms with E-state index < -0.39 is 27.2 Å². The minimum absolute atomic E-state index is 0.165. The minimum Gasteiger partial charge on any atom is -0.376 e. The summed E-state index contributed by atoms with van der Waals surface area (Å²) in [6.45, 7) is 0. The van der Waals surface area contributed by atoms with Gasteiger partial charge in [0.05, 0.1) is 12.5 Å². The Morgan fingerprint density at radius 1 is 1.00 bits per heavy atom. The lowest BCUT2D eigenvalue weighted by atomic mass is 9.93. The predicted molar refractivity (Wildman–Crippen MR) is 83.3 cm³/mol.